The van der Waals surface area contributed by atoms with Gasteiger partial charge >= 0.3 is 5.97 Å². The molecule has 0 aromatic carbocycles. The first-order valence-corrected chi connectivity index (χ1v) is 5.77. The van der Waals surface area contributed by atoms with Gasteiger partial charge in [0, 0.05) is 12.7 Å². The van der Waals surface area contributed by atoms with Crippen LogP contribution < -0.4 is 0 Å². The summed E-state index contributed by atoms with van der Waals surface area (Å²) in [5, 5.41) is 18.4. The Morgan fingerprint density at radius 1 is 1.33 bits per heavy atom. The number of rotatable bonds is 2. The number of carbonyl (C=O) groups excluding carboxylic acids is 1. The van der Waals surface area contributed by atoms with Crippen molar-refractivity contribution in [1.82, 2.24) is 9.88 Å². The first-order chi connectivity index (χ1) is 8.59. The minimum Gasteiger partial charge on any atom is -0.506 e. The van der Waals surface area contributed by atoms with Gasteiger partial charge in [-0.15, -0.1) is 0 Å². The predicted molar refractivity (Wildman–Crippen MR) is 62.2 cm³/mol. The summed E-state index contributed by atoms with van der Waals surface area (Å²) in [7, 11) is 0. The highest BCUT2D eigenvalue weighted by Crippen LogP contribution is 2.20. The molecule has 2 heterocycles. The second-order valence-electron chi connectivity index (χ2n) is 4.28. The van der Waals surface area contributed by atoms with E-state index in [4.69, 9.17) is 5.11 Å². The number of piperidine rings is 1. The smallest absolute Gasteiger partial charge is 0.326 e. The molecule has 6 nitrogen and oxygen atoms in total. The summed E-state index contributed by atoms with van der Waals surface area (Å²) in [6.07, 6.45) is 4.62. The van der Waals surface area contributed by atoms with Gasteiger partial charge in [-0.05, 0) is 25.3 Å². The molecule has 0 spiro atoms. The number of carboxylic acid groups (broad SMARTS) is 1. The zero-order valence-corrected chi connectivity index (χ0v) is 9.74. The molecule has 0 aliphatic carbocycles. The molecule has 0 unspecified atom stereocenters. The molecule has 0 bridgehead atoms. The average Bonchev–Trinajstić information content (AvgIpc) is 2.38. The molecule has 1 aliphatic heterocycles. The van der Waals surface area contributed by atoms with Crippen molar-refractivity contribution in [1.29, 1.82) is 0 Å². The molecule has 1 atom stereocenters. The number of pyridine rings is 1. The largest absolute Gasteiger partial charge is 0.506 e. The van der Waals surface area contributed by atoms with Crippen LogP contribution in [0.2, 0.25) is 0 Å². The van der Waals surface area contributed by atoms with Crippen molar-refractivity contribution in [2.24, 2.45) is 0 Å². The van der Waals surface area contributed by atoms with Crippen molar-refractivity contribution >= 4 is 11.9 Å². The number of carboxylic acids is 1. The number of aromatic hydroxyl groups is 1. The zero-order chi connectivity index (χ0) is 13.1. The van der Waals surface area contributed by atoms with Crippen molar-refractivity contribution < 1.29 is 19.8 Å². The van der Waals surface area contributed by atoms with Crippen LogP contribution in [0.5, 0.6) is 5.75 Å². The number of nitrogens with zero attached hydrogens (tertiary/aromatic N) is 2. The molecule has 0 saturated carbocycles. The molecule has 1 aliphatic rings. The van der Waals surface area contributed by atoms with Crippen LogP contribution in [0.3, 0.4) is 0 Å². The number of carbonyl (C=O) groups is 2. The number of amides is 1. The van der Waals surface area contributed by atoms with E-state index in [0.29, 0.717) is 13.0 Å². The van der Waals surface area contributed by atoms with E-state index in [9.17, 15) is 14.7 Å². The van der Waals surface area contributed by atoms with Crippen LogP contribution in [0.15, 0.2) is 18.5 Å². The first kappa shape index (κ1) is 12.3. The maximum Gasteiger partial charge on any atom is 0.326 e. The highest BCUT2D eigenvalue weighted by Gasteiger charge is 2.32. The van der Waals surface area contributed by atoms with Crippen molar-refractivity contribution in [3.05, 3.63) is 24.0 Å². The second-order valence-corrected chi connectivity index (χ2v) is 4.28. The van der Waals surface area contributed by atoms with Gasteiger partial charge in [-0.2, -0.15) is 0 Å². The molecular formula is C12H14N2O4. The van der Waals surface area contributed by atoms with Gasteiger partial charge < -0.3 is 15.1 Å². The fourth-order valence-electron chi connectivity index (χ4n) is 2.14. The maximum absolute atomic E-state index is 12.2. The normalized spacial score (nSPS) is 19.6. The van der Waals surface area contributed by atoms with Crippen molar-refractivity contribution in [2.75, 3.05) is 6.54 Å². The molecule has 1 saturated heterocycles. The molecule has 18 heavy (non-hydrogen) atoms. The lowest BCUT2D eigenvalue weighted by Gasteiger charge is -2.32. The van der Waals surface area contributed by atoms with E-state index in [-0.39, 0.29) is 11.3 Å². The number of aromatic nitrogens is 1. The van der Waals surface area contributed by atoms with Crippen LogP contribution in [0, 0.1) is 0 Å². The first-order valence-electron chi connectivity index (χ1n) is 5.77. The standard InChI is InChI=1S/C12H14N2O4/c15-9-5-8(6-13-7-9)11(16)14-4-2-1-3-10(14)12(17)18/h5-7,10,15H,1-4H2,(H,17,18)/t10-/m0/s1. The van der Waals surface area contributed by atoms with E-state index >= 15 is 0 Å². The van der Waals surface area contributed by atoms with Gasteiger partial charge in [0.1, 0.15) is 11.8 Å². The highest BCUT2D eigenvalue weighted by atomic mass is 16.4. The van der Waals surface area contributed by atoms with E-state index in [1.54, 1.807) is 0 Å². The Labute approximate surface area is 104 Å². The lowest BCUT2D eigenvalue weighted by molar-refractivity contribution is -0.143. The van der Waals surface area contributed by atoms with Gasteiger partial charge in [0.25, 0.3) is 5.91 Å². The Morgan fingerprint density at radius 2 is 2.11 bits per heavy atom. The van der Waals surface area contributed by atoms with Gasteiger partial charge in [-0.1, -0.05) is 0 Å². The van der Waals surface area contributed by atoms with E-state index in [1.807, 2.05) is 0 Å². The molecule has 6 heteroatoms. The minimum atomic E-state index is -0.990. The van der Waals surface area contributed by atoms with Gasteiger partial charge in [0.15, 0.2) is 0 Å². The number of hydrogen-bond acceptors (Lipinski definition) is 4. The summed E-state index contributed by atoms with van der Waals surface area (Å²) in [4.78, 5) is 28.3. The third-order valence-electron chi connectivity index (χ3n) is 3.02. The van der Waals surface area contributed by atoms with Gasteiger partial charge in [0.05, 0.1) is 11.8 Å². The molecular weight excluding hydrogens is 236 g/mol. The monoisotopic (exact) mass is 250 g/mol. The van der Waals surface area contributed by atoms with Crippen LogP contribution in [-0.2, 0) is 4.79 Å². The summed E-state index contributed by atoms with van der Waals surface area (Å²) in [6, 6.07) is 0.511. The molecule has 1 aromatic heterocycles. The van der Waals surface area contributed by atoms with Crippen molar-refractivity contribution in [3.8, 4) is 5.75 Å². The van der Waals surface area contributed by atoms with E-state index in [1.165, 1.54) is 23.4 Å². The molecule has 0 radical (unpaired) electrons. The van der Waals surface area contributed by atoms with Crippen molar-refractivity contribution in [2.45, 2.75) is 25.3 Å². The third kappa shape index (κ3) is 2.42. The number of aliphatic carboxylic acids is 1. The predicted octanol–water partition coefficient (Wildman–Crippen LogP) is 0.866. The van der Waals surface area contributed by atoms with Gasteiger partial charge in [0.2, 0.25) is 0 Å². The maximum atomic E-state index is 12.2. The summed E-state index contributed by atoms with van der Waals surface area (Å²) in [6.45, 7) is 0.422. The topological polar surface area (TPSA) is 90.7 Å². The van der Waals surface area contributed by atoms with E-state index in [0.717, 1.165) is 12.8 Å². The van der Waals surface area contributed by atoms with Crippen LogP contribution in [-0.4, -0.2) is 44.6 Å². The highest BCUT2D eigenvalue weighted by molar-refractivity contribution is 5.96. The minimum absolute atomic E-state index is 0.107. The SMILES string of the molecule is O=C(O)[C@@H]1CCCCN1C(=O)c1cncc(O)c1. The zero-order valence-electron chi connectivity index (χ0n) is 9.74. The lowest BCUT2D eigenvalue weighted by atomic mass is 10.0. The molecule has 1 amide bonds. The fraction of sp³-hybridized carbons (Fsp3) is 0.417. The van der Waals surface area contributed by atoms with Crippen LogP contribution in [0.4, 0.5) is 0 Å². The number of likely N-dealkylation sites (tertiary alicyclic amines) is 1. The quantitative estimate of drug-likeness (QED) is 0.812. The average molecular weight is 250 g/mol. The summed E-state index contributed by atoms with van der Waals surface area (Å²) in [5.41, 5.74) is 0.211. The Hall–Kier alpha value is -2.11. The molecule has 1 fully saturated rings. The molecule has 1 aromatic rings. The van der Waals surface area contributed by atoms with E-state index in [2.05, 4.69) is 4.98 Å². The van der Waals surface area contributed by atoms with Crippen LogP contribution in [0.1, 0.15) is 29.6 Å². The Morgan fingerprint density at radius 3 is 2.78 bits per heavy atom. The lowest BCUT2D eigenvalue weighted by Crippen LogP contribution is -2.48. The molecule has 2 N–H and O–H groups in total. The summed E-state index contributed by atoms with van der Waals surface area (Å²) < 4.78 is 0. The van der Waals surface area contributed by atoms with Crippen LogP contribution in [0.25, 0.3) is 0 Å². The van der Waals surface area contributed by atoms with Gasteiger partial charge in [-0.25, -0.2) is 4.79 Å². The summed E-state index contributed by atoms with van der Waals surface area (Å²) in [5.74, 6) is -1.49. The second kappa shape index (κ2) is 5.03. The fourth-order valence-corrected chi connectivity index (χ4v) is 2.14. The molecule has 2 rings (SSSR count). The molecule has 96 valence electrons. The summed E-state index contributed by atoms with van der Waals surface area (Å²) >= 11 is 0. The van der Waals surface area contributed by atoms with E-state index < -0.39 is 17.9 Å². The third-order valence-corrected chi connectivity index (χ3v) is 3.02. The van der Waals surface area contributed by atoms with Crippen LogP contribution >= 0.6 is 0 Å². The Bertz CT molecular complexity index is 475. The Balaban J connectivity index is 2.23. The van der Waals surface area contributed by atoms with Gasteiger partial charge in [-0.3, -0.25) is 9.78 Å². The van der Waals surface area contributed by atoms with Crippen molar-refractivity contribution in [3.63, 3.8) is 0 Å². The number of hydrogen-bond donors (Lipinski definition) is 2. The Kier molecular flexibility index (Phi) is 3.45.